The zero-order valence-electron chi connectivity index (χ0n) is 17.1. The molecular formula is C23H23F3N2O2S. The minimum atomic E-state index is -4.40. The summed E-state index contributed by atoms with van der Waals surface area (Å²) in [5, 5.41) is 12.3. The molecule has 2 N–H and O–H groups in total. The van der Waals surface area contributed by atoms with Crippen LogP contribution in [0.3, 0.4) is 0 Å². The number of hydrogen-bond donors (Lipinski definition) is 2. The number of likely N-dealkylation sites (N-methyl/N-ethyl adjacent to an activating group) is 1. The number of benzene rings is 2. The van der Waals surface area contributed by atoms with Gasteiger partial charge in [-0.2, -0.15) is 13.2 Å². The quantitative estimate of drug-likeness (QED) is 0.531. The van der Waals surface area contributed by atoms with Crippen molar-refractivity contribution in [1.82, 2.24) is 4.90 Å². The Hall–Kier alpha value is -2.71. The van der Waals surface area contributed by atoms with Crippen LogP contribution in [0.15, 0.2) is 66.1 Å². The Morgan fingerprint density at radius 3 is 2.35 bits per heavy atom. The van der Waals surface area contributed by atoms with E-state index in [0.717, 1.165) is 34.4 Å². The lowest BCUT2D eigenvalue weighted by molar-refractivity contribution is -0.137. The molecule has 8 heteroatoms. The molecule has 1 aliphatic rings. The molecule has 0 saturated carbocycles. The Morgan fingerprint density at radius 2 is 1.84 bits per heavy atom. The molecule has 0 spiro atoms. The highest BCUT2D eigenvalue weighted by atomic mass is 32.2. The van der Waals surface area contributed by atoms with Crippen molar-refractivity contribution in [3.05, 3.63) is 82.8 Å². The maximum atomic E-state index is 13.1. The summed E-state index contributed by atoms with van der Waals surface area (Å²) in [6, 6.07) is 12.4. The lowest BCUT2D eigenvalue weighted by atomic mass is 10.1. The van der Waals surface area contributed by atoms with Crippen LogP contribution >= 0.6 is 11.8 Å². The predicted molar refractivity (Wildman–Crippen MR) is 118 cm³/mol. The van der Waals surface area contributed by atoms with E-state index in [1.165, 1.54) is 30.0 Å². The first kappa shape index (κ1) is 23.0. The summed E-state index contributed by atoms with van der Waals surface area (Å²) in [5.74, 6) is -1.03. The molecule has 1 heterocycles. The average molecular weight is 449 g/mol. The van der Waals surface area contributed by atoms with E-state index < -0.39 is 22.7 Å². The molecule has 0 amide bonds. The van der Waals surface area contributed by atoms with Crippen LogP contribution in [0.5, 0.6) is 0 Å². The molecular weight excluding hydrogens is 425 g/mol. The fourth-order valence-electron chi connectivity index (χ4n) is 3.60. The van der Waals surface area contributed by atoms with Gasteiger partial charge in [0.15, 0.2) is 4.99 Å². The van der Waals surface area contributed by atoms with Gasteiger partial charge in [-0.05, 0) is 54.3 Å². The van der Waals surface area contributed by atoms with Crippen molar-refractivity contribution < 1.29 is 23.1 Å². The second-order valence-electron chi connectivity index (χ2n) is 7.17. The van der Waals surface area contributed by atoms with Crippen LogP contribution in [-0.2, 0) is 16.0 Å². The third-order valence-corrected chi connectivity index (χ3v) is 6.67. The van der Waals surface area contributed by atoms with Crippen molar-refractivity contribution in [1.29, 1.82) is 0 Å². The molecule has 4 nitrogen and oxygen atoms in total. The summed E-state index contributed by atoms with van der Waals surface area (Å²) >= 11 is 1.48. The molecule has 2 atom stereocenters. The van der Waals surface area contributed by atoms with Crippen LogP contribution in [0.2, 0.25) is 0 Å². The Balaban J connectivity index is 2.00. The highest BCUT2D eigenvalue weighted by Crippen LogP contribution is 2.52. The lowest BCUT2D eigenvalue weighted by Gasteiger charge is -2.40. The Bertz CT molecular complexity index is 987. The second-order valence-corrected chi connectivity index (χ2v) is 8.49. The average Bonchev–Trinajstić information content (AvgIpc) is 2.97. The van der Waals surface area contributed by atoms with Gasteiger partial charge in [0.1, 0.15) is 0 Å². The predicted octanol–water partition coefficient (Wildman–Crippen LogP) is 6.00. The summed E-state index contributed by atoms with van der Waals surface area (Å²) in [4.78, 5) is 12.9. The van der Waals surface area contributed by atoms with E-state index in [0.29, 0.717) is 12.1 Å². The van der Waals surface area contributed by atoms with Crippen molar-refractivity contribution in [3.63, 3.8) is 0 Å². The molecule has 0 radical (unpaired) electrons. The number of aliphatic carboxylic acids is 1. The summed E-state index contributed by atoms with van der Waals surface area (Å²) in [6.45, 7) is 8.81. The molecule has 2 aromatic carbocycles. The largest absolute Gasteiger partial charge is 0.478 e. The van der Waals surface area contributed by atoms with Crippen LogP contribution in [0.1, 0.15) is 30.5 Å². The van der Waals surface area contributed by atoms with E-state index in [1.807, 2.05) is 26.0 Å². The third kappa shape index (κ3) is 4.80. The molecule has 3 rings (SSSR count). The van der Waals surface area contributed by atoms with Crippen molar-refractivity contribution in [2.24, 2.45) is 0 Å². The smallest absolute Gasteiger partial charge is 0.416 e. The number of alkyl halides is 3. The zero-order valence-corrected chi connectivity index (χ0v) is 17.9. The number of rotatable bonds is 6. The summed E-state index contributed by atoms with van der Waals surface area (Å²) in [7, 11) is 0. The molecule has 1 fully saturated rings. The molecule has 0 bridgehead atoms. The third-order valence-electron chi connectivity index (χ3n) is 5.20. The number of nitrogens with one attached hydrogen (secondary N) is 1. The summed E-state index contributed by atoms with van der Waals surface area (Å²) in [5.41, 5.74) is 1.47. The highest BCUT2D eigenvalue weighted by molar-refractivity contribution is 8.04. The fourth-order valence-corrected chi connectivity index (χ4v) is 5.10. The van der Waals surface area contributed by atoms with Gasteiger partial charge in [0.05, 0.1) is 5.56 Å². The topological polar surface area (TPSA) is 52.6 Å². The van der Waals surface area contributed by atoms with Crippen LogP contribution in [0.4, 0.5) is 18.9 Å². The fraction of sp³-hybridized carbons (Fsp3) is 0.261. The van der Waals surface area contributed by atoms with E-state index in [1.54, 1.807) is 12.1 Å². The van der Waals surface area contributed by atoms with Crippen LogP contribution in [0.25, 0.3) is 6.08 Å². The van der Waals surface area contributed by atoms with Crippen LogP contribution < -0.4 is 5.32 Å². The number of carboxylic acid groups (broad SMARTS) is 1. The van der Waals surface area contributed by atoms with E-state index in [-0.39, 0.29) is 6.04 Å². The molecule has 0 aromatic heterocycles. The van der Waals surface area contributed by atoms with Crippen molar-refractivity contribution >= 4 is 29.5 Å². The monoisotopic (exact) mass is 448 g/mol. The van der Waals surface area contributed by atoms with Gasteiger partial charge in [0.25, 0.3) is 0 Å². The van der Waals surface area contributed by atoms with Gasteiger partial charge in [0.2, 0.25) is 0 Å². The van der Waals surface area contributed by atoms with Crippen molar-refractivity contribution in [2.45, 2.75) is 31.1 Å². The van der Waals surface area contributed by atoms with E-state index in [4.69, 9.17) is 5.11 Å². The van der Waals surface area contributed by atoms with E-state index >= 15 is 0 Å². The van der Waals surface area contributed by atoms with E-state index in [2.05, 4.69) is 16.8 Å². The lowest BCUT2D eigenvalue weighted by Crippen LogP contribution is -2.48. The van der Waals surface area contributed by atoms with Crippen molar-refractivity contribution in [3.8, 4) is 0 Å². The first-order chi connectivity index (χ1) is 14.6. The molecule has 1 saturated heterocycles. The maximum Gasteiger partial charge on any atom is 0.416 e. The number of halogens is 3. The molecule has 2 unspecified atom stereocenters. The maximum absolute atomic E-state index is 13.1. The van der Waals surface area contributed by atoms with Crippen molar-refractivity contribution in [2.75, 3.05) is 11.9 Å². The Kier molecular flexibility index (Phi) is 6.52. The number of anilines is 1. The summed E-state index contributed by atoms with van der Waals surface area (Å²) in [6.07, 6.45) is -1.85. The van der Waals surface area contributed by atoms with Gasteiger partial charge in [-0.15, -0.1) is 0 Å². The second kappa shape index (κ2) is 8.80. The van der Waals surface area contributed by atoms with Gasteiger partial charge >= 0.3 is 12.1 Å². The SMILES string of the molecule is C=C1SC(Nc2ccc(/C=C/C(=O)O)cc2)(c2ccc(C(F)(F)F)cc2)N(CC)C1C. The number of thioether (sulfide) groups is 1. The first-order valence-corrected chi connectivity index (χ1v) is 10.5. The minimum Gasteiger partial charge on any atom is -0.478 e. The van der Waals surface area contributed by atoms with Gasteiger partial charge in [-0.1, -0.05) is 49.5 Å². The molecule has 0 aliphatic carbocycles. The normalized spacial score (nSPS) is 22.2. The van der Waals surface area contributed by atoms with Gasteiger partial charge in [-0.3, -0.25) is 4.90 Å². The number of hydrogen-bond acceptors (Lipinski definition) is 4. The minimum absolute atomic E-state index is 0.0163. The highest BCUT2D eigenvalue weighted by Gasteiger charge is 2.48. The molecule has 2 aromatic rings. The molecule has 164 valence electrons. The van der Waals surface area contributed by atoms with Crippen LogP contribution in [0, 0.1) is 0 Å². The van der Waals surface area contributed by atoms with E-state index in [9.17, 15) is 18.0 Å². The van der Waals surface area contributed by atoms with Gasteiger partial charge in [0, 0.05) is 23.4 Å². The van der Waals surface area contributed by atoms with Gasteiger partial charge in [-0.25, -0.2) is 4.79 Å². The molecule has 1 aliphatic heterocycles. The first-order valence-electron chi connectivity index (χ1n) is 9.68. The Labute approximate surface area is 183 Å². The van der Waals surface area contributed by atoms with Gasteiger partial charge < -0.3 is 10.4 Å². The standard InChI is InChI=1S/C23H23F3N2O2S/c1-4-28-15(2)16(3)31-23(28,19-10-8-18(9-11-19)22(24,25)26)27-20-12-5-17(6-13-20)7-14-21(29)30/h5-15,27H,3-4H2,1-2H3,(H,29,30)/b14-7+. The number of carboxylic acids is 1. The summed E-state index contributed by atoms with van der Waals surface area (Å²) < 4.78 is 39.2. The van der Waals surface area contributed by atoms with Crippen LogP contribution in [-0.4, -0.2) is 28.6 Å². The Morgan fingerprint density at radius 1 is 1.23 bits per heavy atom. The molecule has 31 heavy (non-hydrogen) atoms. The number of nitrogens with zero attached hydrogens (tertiary/aromatic N) is 1. The number of carbonyl (C=O) groups is 1. The zero-order chi connectivity index (χ0) is 22.8.